The van der Waals surface area contributed by atoms with Crippen LogP contribution in [0.5, 0.6) is 0 Å². The van der Waals surface area contributed by atoms with Gasteiger partial charge in [-0.2, -0.15) is 0 Å². The summed E-state index contributed by atoms with van der Waals surface area (Å²) in [6, 6.07) is 0. The monoisotopic (exact) mass is 424 g/mol. The minimum Gasteiger partial charge on any atom is -0.465 e. The second kappa shape index (κ2) is 21.7. The minimum atomic E-state index is -0.268. The summed E-state index contributed by atoms with van der Waals surface area (Å²) in [5, 5.41) is 0. The Morgan fingerprint density at radius 1 is 0.533 bits per heavy atom. The van der Waals surface area contributed by atoms with E-state index in [4.69, 9.17) is 4.74 Å². The summed E-state index contributed by atoms with van der Waals surface area (Å²) in [5.74, 6) is 0.0585. The van der Waals surface area contributed by atoms with Gasteiger partial charge in [-0.05, 0) is 26.2 Å². The molecule has 0 saturated carbocycles. The third-order valence-electron chi connectivity index (χ3n) is 6.61. The molecule has 0 aliphatic rings. The highest BCUT2D eigenvalue weighted by atomic mass is 16.5. The van der Waals surface area contributed by atoms with E-state index in [0.717, 1.165) is 32.1 Å². The zero-order valence-electron chi connectivity index (χ0n) is 21.4. The Bertz CT molecular complexity index is 366. The van der Waals surface area contributed by atoms with E-state index in [0.29, 0.717) is 6.61 Å². The van der Waals surface area contributed by atoms with Crippen LogP contribution in [0.15, 0.2) is 0 Å². The van der Waals surface area contributed by atoms with Gasteiger partial charge in [-0.1, -0.05) is 136 Å². The second-order valence-electron chi connectivity index (χ2n) is 9.85. The maximum absolute atomic E-state index is 12.7. The third kappa shape index (κ3) is 17.2. The number of hydrogen-bond acceptors (Lipinski definition) is 2. The number of carbonyl (C=O) groups is 1. The first-order valence-electron chi connectivity index (χ1n) is 13.8. The van der Waals surface area contributed by atoms with E-state index in [-0.39, 0.29) is 11.4 Å². The smallest absolute Gasteiger partial charge is 0.311 e. The van der Waals surface area contributed by atoms with Gasteiger partial charge in [0.15, 0.2) is 0 Å². The van der Waals surface area contributed by atoms with E-state index in [1.54, 1.807) is 0 Å². The number of ether oxygens (including phenoxy) is 1. The van der Waals surface area contributed by atoms with Crippen molar-refractivity contribution in [1.29, 1.82) is 0 Å². The Balaban J connectivity index is 3.79. The molecular weight excluding hydrogens is 368 g/mol. The number of hydrogen-bond donors (Lipinski definition) is 0. The first kappa shape index (κ1) is 29.5. The van der Waals surface area contributed by atoms with Crippen molar-refractivity contribution in [2.45, 2.75) is 163 Å². The molecule has 180 valence electrons. The van der Waals surface area contributed by atoms with Gasteiger partial charge in [0.1, 0.15) is 0 Å². The predicted molar refractivity (Wildman–Crippen MR) is 133 cm³/mol. The van der Waals surface area contributed by atoms with Crippen molar-refractivity contribution in [2.24, 2.45) is 5.41 Å². The SMILES string of the molecule is CCCCCCCCCCCCOC(=O)C(C)(CCC)CCCCCCCCCC. The van der Waals surface area contributed by atoms with Gasteiger partial charge in [0.25, 0.3) is 0 Å². The maximum atomic E-state index is 12.7. The first-order valence-corrected chi connectivity index (χ1v) is 13.8. The molecule has 0 N–H and O–H groups in total. The summed E-state index contributed by atoms with van der Waals surface area (Å²) in [6.07, 6.45) is 26.7. The van der Waals surface area contributed by atoms with E-state index in [1.165, 1.54) is 103 Å². The zero-order chi connectivity index (χ0) is 22.3. The molecule has 1 atom stereocenters. The van der Waals surface area contributed by atoms with Crippen LogP contribution >= 0.6 is 0 Å². The Morgan fingerprint density at radius 2 is 0.933 bits per heavy atom. The van der Waals surface area contributed by atoms with Gasteiger partial charge in [-0.25, -0.2) is 0 Å². The number of carbonyl (C=O) groups excluding carboxylic acids is 1. The predicted octanol–water partition coefficient (Wildman–Crippen LogP) is 9.79. The molecule has 0 aromatic carbocycles. The zero-order valence-corrected chi connectivity index (χ0v) is 21.4. The molecule has 0 rings (SSSR count). The lowest BCUT2D eigenvalue weighted by atomic mass is 9.80. The highest BCUT2D eigenvalue weighted by Crippen LogP contribution is 2.32. The minimum absolute atomic E-state index is 0.0585. The van der Waals surface area contributed by atoms with E-state index < -0.39 is 0 Å². The van der Waals surface area contributed by atoms with Gasteiger partial charge in [0.05, 0.1) is 12.0 Å². The molecule has 0 aliphatic heterocycles. The molecule has 2 heteroatoms. The van der Waals surface area contributed by atoms with Crippen LogP contribution < -0.4 is 0 Å². The molecular formula is C28H56O2. The second-order valence-corrected chi connectivity index (χ2v) is 9.85. The molecule has 0 bridgehead atoms. The highest BCUT2D eigenvalue weighted by molar-refractivity contribution is 5.76. The average molecular weight is 425 g/mol. The van der Waals surface area contributed by atoms with Gasteiger partial charge in [-0.15, -0.1) is 0 Å². The maximum Gasteiger partial charge on any atom is 0.311 e. The summed E-state index contributed by atoms with van der Waals surface area (Å²) in [5.41, 5.74) is -0.268. The van der Waals surface area contributed by atoms with Crippen molar-refractivity contribution in [3.8, 4) is 0 Å². The van der Waals surface area contributed by atoms with Crippen LogP contribution in [-0.2, 0) is 9.53 Å². The number of esters is 1. The van der Waals surface area contributed by atoms with Gasteiger partial charge in [0.2, 0.25) is 0 Å². The van der Waals surface area contributed by atoms with Crippen LogP contribution in [0.4, 0.5) is 0 Å². The Morgan fingerprint density at radius 3 is 1.37 bits per heavy atom. The molecule has 0 aliphatic carbocycles. The molecule has 0 fully saturated rings. The van der Waals surface area contributed by atoms with Crippen molar-refractivity contribution in [1.82, 2.24) is 0 Å². The van der Waals surface area contributed by atoms with Crippen LogP contribution in [-0.4, -0.2) is 12.6 Å². The largest absolute Gasteiger partial charge is 0.465 e. The fraction of sp³-hybridized carbons (Fsp3) is 0.964. The van der Waals surface area contributed by atoms with Crippen LogP contribution in [0.1, 0.15) is 163 Å². The Labute approximate surface area is 190 Å². The molecule has 0 aromatic rings. The van der Waals surface area contributed by atoms with E-state index >= 15 is 0 Å². The standard InChI is InChI=1S/C28H56O2/c1-5-8-10-12-14-16-17-19-21-23-26-30-27(29)28(4,24-7-3)25-22-20-18-15-13-11-9-6-2/h5-26H2,1-4H3. The molecule has 30 heavy (non-hydrogen) atoms. The first-order chi connectivity index (χ1) is 14.6. The van der Waals surface area contributed by atoms with Crippen LogP contribution in [0.25, 0.3) is 0 Å². The van der Waals surface area contributed by atoms with Gasteiger partial charge in [0, 0.05) is 0 Å². The third-order valence-corrected chi connectivity index (χ3v) is 6.61. The molecule has 0 amide bonds. The van der Waals surface area contributed by atoms with Gasteiger partial charge < -0.3 is 4.74 Å². The van der Waals surface area contributed by atoms with Crippen LogP contribution in [0.2, 0.25) is 0 Å². The summed E-state index contributed by atoms with van der Waals surface area (Å²) >= 11 is 0. The molecule has 2 nitrogen and oxygen atoms in total. The molecule has 0 spiro atoms. The fourth-order valence-electron chi connectivity index (χ4n) is 4.46. The van der Waals surface area contributed by atoms with Crippen LogP contribution in [0, 0.1) is 5.41 Å². The van der Waals surface area contributed by atoms with Crippen molar-refractivity contribution >= 4 is 5.97 Å². The molecule has 0 saturated heterocycles. The molecule has 1 unspecified atom stereocenters. The number of rotatable bonds is 23. The van der Waals surface area contributed by atoms with E-state index in [9.17, 15) is 4.79 Å². The summed E-state index contributed by atoms with van der Waals surface area (Å²) in [7, 11) is 0. The van der Waals surface area contributed by atoms with Crippen molar-refractivity contribution in [3.63, 3.8) is 0 Å². The Kier molecular flexibility index (Phi) is 21.3. The fourth-order valence-corrected chi connectivity index (χ4v) is 4.46. The highest BCUT2D eigenvalue weighted by Gasteiger charge is 2.33. The lowest BCUT2D eigenvalue weighted by Crippen LogP contribution is -2.30. The van der Waals surface area contributed by atoms with E-state index in [1.807, 2.05) is 0 Å². The van der Waals surface area contributed by atoms with Crippen molar-refractivity contribution in [3.05, 3.63) is 0 Å². The molecule has 0 aromatic heterocycles. The normalized spacial score (nSPS) is 13.3. The summed E-state index contributed by atoms with van der Waals surface area (Å²) in [6.45, 7) is 9.48. The summed E-state index contributed by atoms with van der Waals surface area (Å²) in [4.78, 5) is 12.7. The van der Waals surface area contributed by atoms with Gasteiger partial charge in [-0.3, -0.25) is 4.79 Å². The average Bonchev–Trinajstić information content (AvgIpc) is 2.74. The lowest BCUT2D eigenvalue weighted by Gasteiger charge is -2.27. The Hall–Kier alpha value is -0.530. The van der Waals surface area contributed by atoms with Crippen LogP contribution in [0.3, 0.4) is 0 Å². The van der Waals surface area contributed by atoms with Crippen molar-refractivity contribution < 1.29 is 9.53 Å². The summed E-state index contributed by atoms with van der Waals surface area (Å²) < 4.78 is 5.72. The van der Waals surface area contributed by atoms with Gasteiger partial charge >= 0.3 is 5.97 Å². The number of unbranched alkanes of at least 4 members (excludes halogenated alkanes) is 16. The molecule has 0 heterocycles. The van der Waals surface area contributed by atoms with E-state index in [2.05, 4.69) is 27.7 Å². The molecule has 0 radical (unpaired) electrons. The quantitative estimate of drug-likeness (QED) is 0.120. The van der Waals surface area contributed by atoms with Crippen molar-refractivity contribution in [2.75, 3.05) is 6.61 Å². The lowest BCUT2D eigenvalue weighted by molar-refractivity contribution is -0.156. The topological polar surface area (TPSA) is 26.3 Å².